The number of carbonyl (C=O) groups excluding carboxylic acids is 1. The van der Waals surface area contributed by atoms with Gasteiger partial charge in [-0.05, 0) is 67.9 Å². The Hall–Kier alpha value is -4.00. The minimum atomic E-state index is -1.02. The number of amides is 1. The van der Waals surface area contributed by atoms with Gasteiger partial charge in [0, 0.05) is 41.6 Å². The molecule has 0 bridgehead atoms. The molecule has 0 N–H and O–H groups in total. The molecule has 222 valence electrons. The van der Waals surface area contributed by atoms with E-state index in [9.17, 15) is 14.4 Å². The Morgan fingerprint density at radius 1 is 1.16 bits per heavy atom. The Balaban J connectivity index is 1.38. The van der Waals surface area contributed by atoms with Crippen LogP contribution in [0, 0.1) is 11.3 Å². The van der Waals surface area contributed by atoms with Gasteiger partial charge in [0.2, 0.25) is 0 Å². The predicted molar refractivity (Wildman–Crippen MR) is 167 cm³/mol. The van der Waals surface area contributed by atoms with E-state index in [1.54, 1.807) is 0 Å². The van der Waals surface area contributed by atoms with Crippen LogP contribution in [-0.2, 0) is 11.2 Å². The van der Waals surface area contributed by atoms with Gasteiger partial charge >= 0.3 is 6.01 Å². The lowest BCUT2D eigenvalue weighted by atomic mass is 9.88. The smallest absolute Gasteiger partial charge is 0.318 e. The number of carbonyl (C=O) groups is 1. The highest BCUT2D eigenvalue weighted by Gasteiger charge is 2.34. The Labute approximate surface area is 256 Å². The van der Waals surface area contributed by atoms with Crippen molar-refractivity contribution in [3.05, 3.63) is 70.6 Å². The molecule has 2 atom stereocenters. The maximum absolute atomic E-state index is 13.8. The molecule has 3 aliphatic rings. The summed E-state index contributed by atoms with van der Waals surface area (Å²) in [4.78, 5) is 28.1. The molecule has 2 fully saturated rings. The number of hydrogen-bond donors (Lipinski definition) is 0. The molecule has 2 aliphatic heterocycles. The summed E-state index contributed by atoms with van der Waals surface area (Å²) in [6.07, 6.45) is 5.85. The number of fused-ring (bicyclic) bond motifs is 2. The minimum absolute atomic E-state index is 0.0755. The van der Waals surface area contributed by atoms with Crippen molar-refractivity contribution in [3.8, 4) is 12.1 Å². The monoisotopic (exact) mass is 600 g/mol. The van der Waals surface area contributed by atoms with Crippen LogP contribution in [-0.4, -0.2) is 77.6 Å². The van der Waals surface area contributed by atoms with E-state index in [0.717, 1.165) is 64.8 Å². The van der Waals surface area contributed by atoms with Crippen LogP contribution in [0.25, 0.3) is 22.4 Å². The quantitative estimate of drug-likeness (QED) is 0.324. The van der Waals surface area contributed by atoms with Crippen molar-refractivity contribution in [1.29, 1.82) is 5.26 Å². The summed E-state index contributed by atoms with van der Waals surface area (Å²) in [5.74, 6) is -1.05. The average molecular weight is 601 g/mol. The zero-order valence-corrected chi connectivity index (χ0v) is 25.0. The van der Waals surface area contributed by atoms with E-state index in [2.05, 4.69) is 53.8 Å². The van der Waals surface area contributed by atoms with E-state index in [4.69, 9.17) is 26.3 Å². The Morgan fingerprint density at radius 3 is 2.72 bits per heavy atom. The molecule has 1 aromatic heterocycles. The molecule has 3 heterocycles. The highest BCUT2D eigenvalue weighted by molar-refractivity contribution is 6.36. The maximum atomic E-state index is 13.8. The number of aromatic nitrogens is 2. The number of nitriles is 1. The lowest BCUT2D eigenvalue weighted by molar-refractivity contribution is -0.131. The second-order valence-corrected chi connectivity index (χ2v) is 11.9. The standard InChI is InChI=1S/C33H34ClFN6O2/c1-21(35)32(42)41-17-16-40(19-24(41)13-14-36)31-27-12-11-23(26-9-3-6-22-7-4-10-28(34)30(22)26)18-29(27)37-33(38-31)43-20-25-8-5-15-39(25)2/h3-4,6-7,9-10,18,24-25H,1,5,8,11-13,15-17,19-20H2,2H3/t24-,25-/m0/s1. The van der Waals surface area contributed by atoms with Crippen molar-refractivity contribution in [3.63, 3.8) is 0 Å². The third-order valence-corrected chi connectivity index (χ3v) is 9.15. The van der Waals surface area contributed by atoms with E-state index in [1.165, 1.54) is 4.90 Å². The molecule has 2 saturated heterocycles. The molecule has 6 rings (SSSR count). The minimum Gasteiger partial charge on any atom is -0.462 e. The molecule has 0 saturated carbocycles. The largest absolute Gasteiger partial charge is 0.462 e. The highest BCUT2D eigenvalue weighted by Crippen LogP contribution is 2.39. The van der Waals surface area contributed by atoms with Crippen LogP contribution >= 0.6 is 11.6 Å². The van der Waals surface area contributed by atoms with Crippen LogP contribution in [0.15, 0.2) is 48.8 Å². The van der Waals surface area contributed by atoms with Gasteiger partial charge in [0.05, 0.1) is 24.2 Å². The van der Waals surface area contributed by atoms with Crippen molar-refractivity contribution < 1.29 is 13.9 Å². The van der Waals surface area contributed by atoms with E-state index in [1.807, 2.05) is 18.2 Å². The number of allylic oxidation sites excluding steroid dienone is 1. The van der Waals surface area contributed by atoms with Crippen molar-refractivity contribution in [2.24, 2.45) is 0 Å². The van der Waals surface area contributed by atoms with Crippen LogP contribution in [0.3, 0.4) is 0 Å². The SMILES string of the molecule is C=C(F)C(=O)N1CCN(c2nc(OC[C@@H]3CCCN3C)nc3c2CCC(c2cccc4cccc(Cl)c24)=C3)C[C@@H]1CC#N. The zero-order valence-electron chi connectivity index (χ0n) is 24.2. The molecule has 1 aliphatic carbocycles. The predicted octanol–water partition coefficient (Wildman–Crippen LogP) is 5.66. The molecule has 2 aromatic carbocycles. The number of likely N-dealkylation sites (tertiary alicyclic amines) is 1. The van der Waals surface area contributed by atoms with Gasteiger partial charge in [0.15, 0.2) is 5.83 Å². The fourth-order valence-corrected chi connectivity index (χ4v) is 6.82. The molecule has 3 aromatic rings. The summed E-state index contributed by atoms with van der Waals surface area (Å²) in [7, 11) is 2.10. The van der Waals surface area contributed by atoms with E-state index >= 15 is 0 Å². The van der Waals surface area contributed by atoms with Gasteiger partial charge in [-0.1, -0.05) is 48.5 Å². The van der Waals surface area contributed by atoms with Crippen molar-refractivity contribution >= 4 is 45.7 Å². The van der Waals surface area contributed by atoms with Gasteiger partial charge in [0.25, 0.3) is 5.91 Å². The third kappa shape index (κ3) is 5.82. The average Bonchev–Trinajstić information content (AvgIpc) is 3.43. The Morgan fingerprint density at radius 2 is 1.98 bits per heavy atom. The summed E-state index contributed by atoms with van der Waals surface area (Å²) < 4.78 is 20.0. The second-order valence-electron chi connectivity index (χ2n) is 11.5. The van der Waals surface area contributed by atoms with E-state index < -0.39 is 17.8 Å². The van der Waals surface area contributed by atoms with Gasteiger partial charge in [-0.2, -0.15) is 15.2 Å². The fourth-order valence-electron chi connectivity index (χ4n) is 6.54. The highest BCUT2D eigenvalue weighted by atomic mass is 35.5. The lowest BCUT2D eigenvalue weighted by Crippen LogP contribution is -2.55. The van der Waals surface area contributed by atoms with Gasteiger partial charge in [-0.25, -0.2) is 4.39 Å². The lowest BCUT2D eigenvalue weighted by Gasteiger charge is -2.41. The molecule has 43 heavy (non-hydrogen) atoms. The fraction of sp³-hybridized carbons (Fsp3) is 0.394. The summed E-state index contributed by atoms with van der Waals surface area (Å²) >= 11 is 6.68. The van der Waals surface area contributed by atoms with Gasteiger partial charge in [0.1, 0.15) is 12.4 Å². The maximum Gasteiger partial charge on any atom is 0.318 e. The second kappa shape index (κ2) is 12.3. The molecule has 10 heteroatoms. The third-order valence-electron chi connectivity index (χ3n) is 8.83. The van der Waals surface area contributed by atoms with Crippen molar-refractivity contribution in [2.75, 3.05) is 44.7 Å². The van der Waals surface area contributed by atoms with E-state index in [-0.39, 0.29) is 13.0 Å². The van der Waals surface area contributed by atoms with Crippen LogP contribution in [0.4, 0.5) is 10.2 Å². The first kappa shape index (κ1) is 29.1. The summed E-state index contributed by atoms with van der Waals surface area (Å²) in [6.45, 7) is 5.74. The number of ether oxygens (including phenoxy) is 1. The summed E-state index contributed by atoms with van der Waals surface area (Å²) in [5.41, 5.74) is 4.00. The number of nitrogens with zero attached hydrogens (tertiary/aromatic N) is 6. The Bertz CT molecular complexity index is 1650. The number of piperazine rings is 1. The number of likely N-dealkylation sites (N-methyl/N-ethyl adjacent to an activating group) is 1. The number of rotatable bonds is 7. The molecule has 0 unspecified atom stereocenters. The van der Waals surface area contributed by atoms with Gasteiger partial charge in [-0.3, -0.25) is 4.79 Å². The number of anilines is 1. The normalized spacial score (nSPS) is 20.5. The first-order chi connectivity index (χ1) is 20.8. The molecule has 1 amide bonds. The molecular formula is C33H34ClFN6O2. The number of hydrogen-bond acceptors (Lipinski definition) is 7. The first-order valence-electron chi connectivity index (χ1n) is 14.7. The van der Waals surface area contributed by atoms with Gasteiger partial charge < -0.3 is 19.4 Å². The van der Waals surface area contributed by atoms with Gasteiger partial charge in [-0.15, -0.1) is 0 Å². The summed E-state index contributed by atoms with van der Waals surface area (Å²) in [5, 5.41) is 12.3. The first-order valence-corrected chi connectivity index (χ1v) is 15.1. The molecule has 0 spiro atoms. The van der Waals surface area contributed by atoms with Crippen molar-refractivity contribution in [2.45, 2.75) is 44.2 Å². The van der Waals surface area contributed by atoms with E-state index in [0.29, 0.717) is 43.2 Å². The summed E-state index contributed by atoms with van der Waals surface area (Å²) in [6, 6.07) is 14.4. The van der Waals surface area contributed by atoms with Crippen LogP contribution in [0.5, 0.6) is 6.01 Å². The van der Waals surface area contributed by atoms with Crippen LogP contribution in [0.1, 0.15) is 42.5 Å². The number of halogens is 2. The molecular weight excluding hydrogens is 567 g/mol. The van der Waals surface area contributed by atoms with Crippen molar-refractivity contribution in [1.82, 2.24) is 19.8 Å². The van der Waals surface area contributed by atoms with Crippen LogP contribution < -0.4 is 9.64 Å². The zero-order chi connectivity index (χ0) is 30.1. The topological polar surface area (TPSA) is 85.6 Å². The molecule has 8 nitrogen and oxygen atoms in total. The number of benzene rings is 2. The van der Waals surface area contributed by atoms with Crippen LogP contribution in [0.2, 0.25) is 5.02 Å². The molecule has 0 radical (unpaired) electrons. The Kier molecular flexibility index (Phi) is 8.33.